The molecule has 0 amide bonds. The van der Waals surface area contributed by atoms with Gasteiger partial charge in [-0.3, -0.25) is 37.0 Å². The molecule has 4 aromatic heterocycles. The second-order valence-electron chi connectivity index (χ2n) is 11.1. The van der Waals surface area contributed by atoms with Gasteiger partial charge in [0.1, 0.15) is 36.3 Å². The molecule has 27 heteroatoms. The lowest BCUT2D eigenvalue weighted by Gasteiger charge is -2.27. The molecule has 0 aliphatic carbocycles. The van der Waals surface area contributed by atoms with Crippen LogP contribution in [0.5, 0.6) is 0 Å². The minimum absolute atomic E-state index is 0.0151. The van der Waals surface area contributed by atoms with Gasteiger partial charge in [-0.25, -0.2) is 29.1 Å². The zero-order valence-corrected chi connectivity index (χ0v) is 26.1. The fourth-order valence-electron chi connectivity index (χ4n) is 5.92. The number of halogens is 3. The van der Waals surface area contributed by atoms with Crippen molar-refractivity contribution in [1.29, 1.82) is 0 Å². The fourth-order valence-corrected chi connectivity index (χ4v) is 7.84. The van der Waals surface area contributed by atoms with Gasteiger partial charge in [0.05, 0.1) is 38.4 Å². The van der Waals surface area contributed by atoms with E-state index in [2.05, 4.69) is 29.9 Å². The number of nitrogens with zero attached hydrogens (tertiary/aromatic N) is 7. The standard InChI is InChI=1S/C22H25F3N10O12P2/c23-22(24,25)1-7-8-2-42-49(40,41)47-14-9(45-19(12(14)36)34-5-30-10-15(26)28-4-29-16(10)34)3-43-48(38,39)46-13(7)20(44-8)35-6-31-11-17(35)32-21(27)33-18(11)37/h4-9,12-14,19-20,36H,1-3H2,(H,38,39)(H,40,41)(H2,26,28,29)(H3,27,32,33,37). The summed E-state index contributed by atoms with van der Waals surface area (Å²) in [6.45, 7) is -2.05. The third-order valence-corrected chi connectivity index (χ3v) is 9.94. The van der Waals surface area contributed by atoms with E-state index in [9.17, 15) is 42.0 Å². The summed E-state index contributed by atoms with van der Waals surface area (Å²) in [6, 6.07) is 0. The Labute approximate surface area is 269 Å². The number of hydrogen-bond acceptors (Lipinski definition) is 17. The second-order valence-corrected chi connectivity index (χ2v) is 13.9. The van der Waals surface area contributed by atoms with E-state index >= 15 is 0 Å². The molecule has 22 nitrogen and oxygen atoms in total. The quantitative estimate of drug-likeness (QED) is 0.149. The zero-order valence-electron chi connectivity index (χ0n) is 24.3. The average molecular weight is 740 g/mol. The van der Waals surface area contributed by atoms with Crippen LogP contribution >= 0.6 is 15.6 Å². The van der Waals surface area contributed by atoms with Gasteiger partial charge in [-0.1, -0.05) is 0 Å². The summed E-state index contributed by atoms with van der Waals surface area (Å²) in [6.07, 6.45) is -15.6. The highest BCUT2D eigenvalue weighted by molar-refractivity contribution is 7.47. The van der Waals surface area contributed by atoms with Crippen LogP contribution in [0.15, 0.2) is 23.8 Å². The number of H-pyrrole nitrogens is 1. The number of hydrogen-bond donors (Lipinski definition) is 6. The molecule has 0 saturated carbocycles. The van der Waals surface area contributed by atoms with E-state index in [1.165, 1.54) is 10.9 Å². The lowest BCUT2D eigenvalue weighted by molar-refractivity contribution is -0.154. The van der Waals surface area contributed by atoms with Crippen molar-refractivity contribution in [2.75, 3.05) is 24.7 Å². The largest absolute Gasteiger partial charge is 0.472 e. The molecular formula is C22H25F3N10O12P2. The molecule has 3 aliphatic rings. The van der Waals surface area contributed by atoms with Gasteiger partial charge < -0.3 is 35.8 Å². The maximum Gasteiger partial charge on any atom is 0.472 e. The topological polar surface area (TPSA) is 309 Å². The van der Waals surface area contributed by atoms with Crippen LogP contribution in [0.2, 0.25) is 0 Å². The normalized spacial score (nSPS) is 36.0. The van der Waals surface area contributed by atoms with Crippen LogP contribution in [0.1, 0.15) is 18.9 Å². The lowest BCUT2D eigenvalue weighted by atomic mass is 9.94. The minimum Gasteiger partial charge on any atom is -0.386 e. The maximum atomic E-state index is 13.9. The Balaban J connectivity index is 1.25. The van der Waals surface area contributed by atoms with Crippen LogP contribution in [-0.2, 0) is 36.7 Å². The van der Waals surface area contributed by atoms with Crippen LogP contribution in [0.25, 0.3) is 22.3 Å². The van der Waals surface area contributed by atoms with Gasteiger partial charge in [0.2, 0.25) is 5.95 Å². The molecule has 3 saturated heterocycles. The monoisotopic (exact) mass is 740 g/mol. The van der Waals surface area contributed by atoms with Gasteiger partial charge >= 0.3 is 21.8 Å². The van der Waals surface area contributed by atoms with E-state index in [1.54, 1.807) is 0 Å². The Kier molecular flexibility index (Phi) is 8.31. The summed E-state index contributed by atoms with van der Waals surface area (Å²) in [4.78, 5) is 55.8. The van der Waals surface area contributed by atoms with Crippen molar-refractivity contribution >= 4 is 49.7 Å². The molecule has 3 fully saturated rings. The molecule has 7 rings (SSSR count). The molecular weight excluding hydrogens is 715 g/mol. The predicted molar refractivity (Wildman–Crippen MR) is 152 cm³/mol. The fraction of sp³-hybridized carbons (Fsp3) is 0.545. The Bertz CT molecular complexity index is 2060. The van der Waals surface area contributed by atoms with Crippen LogP contribution in [-0.4, -0.2) is 104 Å². The summed E-state index contributed by atoms with van der Waals surface area (Å²) < 4.78 is 103. The zero-order chi connectivity index (χ0) is 35.0. The van der Waals surface area contributed by atoms with E-state index < -0.39 is 102 Å². The Morgan fingerprint density at radius 1 is 0.898 bits per heavy atom. The van der Waals surface area contributed by atoms with Crippen LogP contribution in [0, 0.1) is 5.92 Å². The lowest BCUT2D eigenvalue weighted by Crippen LogP contribution is -2.36. The number of aromatic amines is 1. The molecule has 3 aliphatic heterocycles. The van der Waals surface area contributed by atoms with Crippen molar-refractivity contribution in [3.63, 3.8) is 0 Å². The highest BCUT2D eigenvalue weighted by atomic mass is 31.2. The number of anilines is 2. The highest BCUT2D eigenvalue weighted by Gasteiger charge is 2.56. The average Bonchev–Trinajstić information content (AvgIpc) is 3.76. The summed E-state index contributed by atoms with van der Waals surface area (Å²) >= 11 is 0. The van der Waals surface area contributed by atoms with Crippen molar-refractivity contribution in [3.8, 4) is 0 Å². The van der Waals surface area contributed by atoms with E-state index in [0.29, 0.717) is 0 Å². The molecule has 7 heterocycles. The number of aliphatic hydroxyl groups excluding tert-OH is 1. The number of nitrogens with two attached hydrogens (primary N) is 2. The van der Waals surface area contributed by atoms with Crippen molar-refractivity contribution in [2.45, 2.75) is 55.6 Å². The number of alkyl halides is 3. The molecule has 0 aromatic carbocycles. The van der Waals surface area contributed by atoms with Crippen molar-refractivity contribution in [2.24, 2.45) is 5.92 Å². The van der Waals surface area contributed by atoms with E-state index in [1.807, 2.05) is 0 Å². The Morgan fingerprint density at radius 2 is 1.51 bits per heavy atom. The van der Waals surface area contributed by atoms with Crippen molar-refractivity contribution in [1.82, 2.24) is 39.0 Å². The number of imidazole rings is 2. The number of nitrogens with one attached hydrogen (secondary N) is 1. The summed E-state index contributed by atoms with van der Waals surface area (Å²) in [5.74, 6) is -2.30. The smallest absolute Gasteiger partial charge is 0.386 e. The molecule has 10 unspecified atom stereocenters. The summed E-state index contributed by atoms with van der Waals surface area (Å²) in [5.41, 5.74) is 10.2. The summed E-state index contributed by atoms with van der Waals surface area (Å²) in [5, 5.41) is 11.2. The first-order valence-electron chi connectivity index (χ1n) is 14.0. The van der Waals surface area contributed by atoms with Crippen LogP contribution < -0.4 is 17.0 Å². The van der Waals surface area contributed by atoms with Gasteiger partial charge in [0.25, 0.3) is 5.56 Å². The Morgan fingerprint density at radius 3 is 2.20 bits per heavy atom. The van der Waals surface area contributed by atoms with Gasteiger partial charge in [-0.2, -0.15) is 18.2 Å². The number of ether oxygens (including phenoxy) is 2. The van der Waals surface area contributed by atoms with E-state index in [-0.39, 0.29) is 28.1 Å². The number of aromatic nitrogens is 8. The first-order valence-corrected chi connectivity index (χ1v) is 17.0. The van der Waals surface area contributed by atoms with Gasteiger partial charge in [-0.05, 0) is 0 Å². The molecule has 266 valence electrons. The molecule has 0 radical (unpaired) electrons. The summed E-state index contributed by atoms with van der Waals surface area (Å²) in [7, 11) is -10.7. The third-order valence-electron chi connectivity index (χ3n) is 7.97. The van der Waals surface area contributed by atoms with Crippen LogP contribution in [0.4, 0.5) is 24.9 Å². The van der Waals surface area contributed by atoms with Gasteiger partial charge in [0, 0.05) is 5.92 Å². The minimum atomic E-state index is -5.39. The molecule has 2 bridgehead atoms. The van der Waals surface area contributed by atoms with Crippen molar-refractivity contribution < 1.29 is 64.8 Å². The number of phosphoric ester groups is 2. The Hall–Kier alpha value is -3.61. The van der Waals surface area contributed by atoms with E-state index in [4.69, 9.17) is 39.0 Å². The van der Waals surface area contributed by atoms with Crippen molar-refractivity contribution in [3.05, 3.63) is 29.3 Å². The first-order chi connectivity index (χ1) is 23.0. The molecule has 0 spiro atoms. The number of rotatable bonds is 3. The van der Waals surface area contributed by atoms with Crippen LogP contribution in [0.3, 0.4) is 0 Å². The molecule has 49 heavy (non-hydrogen) atoms. The molecule has 8 N–H and O–H groups in total. The molecule has 10 atom stereocenters. The van der Waals surface area contributed by atoms with Gasteiger partial charge in [-0.15, -0.1) is 0 Å². The SMILES string of the molecule is Nc1nc2c(ncn2C2OC3COP(=O)(O)OC4C(COP(=O)(O)OC2C3CC(F)(F)F)OC(n2cnc3c(N)ncnc32)C4O)c(=O)[nH]1. The molecule has 4 aromatic rings. The number of nitrogen functional groups attached to an aromatic ring is 2. The maximum absolute atomic E-state index is 13.9. The first kappa shape index (κ1) is 33.9. The third kappa shape index (κ3) is 6.43. The number of aliphatic hydroxyl groups is 1. The van der Waals surface area contributed by atoms with Gasteiger partial charge in [0.15, 0.2) is 35.1 Å². The number of fused-ring (bicyclic) bond motifs is 5. The second kappa shape index (κ2) is 12.0. The highest BCUT2D eigenvalue weighted by Crippen LogP contribution is 2.56. The van der Waals surface area contributed by atoms with E-state index in [0.717, 1.165) is 17.2 Å². The predicted octanol–water partition coefficient (Wildman–Crippen LogP) is -0.134. The number of phosphoric acid groups is 2.